The summed E-state index contributed by atoms with van der Waals surface area (Å²) >= 11 is 3.25. The monoisotopic (exact) mass is 299 g/mol. The van der Waals surface area contributed by atoms with Crippen molar-refractivity contribution in [3.8, 4) is 0 Å². The van der Waals surface area contributed by atoms with Gasteiger partial charge in [0.25, 0.3) is 0 Å². The lowest BCUT2D eigenvalue weighted by Gasteiger charge is -2.48. The highest BCUT2D eigenvalue weighted by Gasteiger charge is 2.36. The maximum Gasteiger partial charge on any atom is 0.137 e. The SMILES string of the molecule is Cc1cc(F)c(Br)cc1N1CC(C(C)(C)C)C1. The quantitative estimate of drug-likeness (QED) is 0.744. The van der Waals surface area contributed by atoms with Crippen molar-refractivity contribution in [3.05, 3.63) is 28.0 Å². The predicted octanol–water partition coefficient (Wildman–Crippen LogP) is 4.38. The number of rotatable bonds is 1. The molecule has 1 saturated heterocycles. The second-order valence-electron chi connectivity index (χ2n) is 6.02. The Balaban J connectivity index is 2.14. The first-order valence-corrected chi connectivity index (χ1v) is 6.79. The van der Waals surface area contributed by atoms with Crippen LogP contribution in [-0.4, -0.2) is 13.1 Å². The fourth-order valence-electron chi connectivity index (χ4n) is 2.20. The molecule has 1 fully saturated rings. The van der Waals surface area contributed by atoms with Crippen LogP contribution in [0.15, 0.2) is 16.6 Å². The molecule has 0 saturated carbocycles. The molecule has 0 spiro atoms. The summed E-state index contributed by atoms with van der Waals surface area (Å²) in [5, 5.41) is 0. The summed E-state index contributed by atoms with van der Waals surface area (Å²) in [4.78, 5) is 2.33. The van der Waals surface area contributed by atoms with Crippen molar-refractivity contribution in [2.75, 3.05) is 18.0 Å². The molecule has 17 heavy (non-hydrogen) atoms. The number of hydrogen-bond donors (Lipinski definition) is 0. The summed E-state index contributed by atoms with van der Waals surface area (Å²) in [5.74, 6) is 0.546. The van der Waals surface area contributed by atoms with Gasteiger partial charge in [0.05, 0.1) is 4.47 Å². The van der Waals surface area contributed by atoms with Crippen LogP contribution in [0.1, 0.15) is 26.3 Å². The minimum atomic E-state index is -0.181. The molecule has 94 valence electrons. The fraction of sp³-hybridized carbons (Fsp3) is 0.571. The summed E-state index contributed by atoms with van der Waals surface area (Å²) in [7, 11) is 0. The van der Waals surface area contributed by atoms with E-state index in [1.54, 1.807) is 6.07 Å². The minimum absolute atomic E-state index is 0.181. The third-order valence-corrected chi connectivity index (χ3v) is 4.29. The first-order valence-electron chi connectivity index (χ1n) is 5.99. The number of benzene rings is 1. The molecule has 1 aliphatic rings. The number of aryl methyl sites for hydroxylation is 1. The molecule has 2 rings (SSSR count). The van der Waals surface area contributed by atoms with Gasteiger partial charge in [0.15, 0.2) is 0 Å². The van der Waals surface area contributed by atoms with E-state index in [9.17, 15) is 4.39 Å². The molecule has 0 N–H and O–H groups in total. The van der Waals surface area contributed by atoms with Crippen LogP contribution >= 0.6 is 15.9 Å². The highest BCUT2D eigenvalue weighted by Crippen LogP contribution is 2.38. The van der Waals surface area contributed by atoms with E-state index in [1.807, 2.05) is 13.0 Å². The molecule has 0 aliphatic carbocycles. The fourth-order valence-corrected chi connectivity index (χ4v) is 2.53. The van der Waals surface area contributed by atoms with E-state index < -0.39 is 0 Å². The summed E-state index contributed by atoms with van der Waals surface area (Å²) in [6.07, 6.45) is 0. The van der Waals surface area contributed by atoms with Crippen molar-refractivity contribution in [1.82, 2.24) is 0 Å². The number of hydrogen-bond acceptors (Lipinski definition) is 1. The second kappa shape index (κ2) is 4.27. The Hall–Kier alpha value is -0.570. The smallest absolute Gasteiger partial charge is 0.137 e. The van der Waals surface area contributed by atoms with Gasteiger partial charge in [-0.05, 0) is 51.9 Å². The molecule has 1 aliphatic heterocycles. The van der Waals surface area contributed by atoms with Crippen LogP contribution in [-0.2, 0) is 0 Å². The van der Waals surface area contributed by atoms with Gasteiger partial charge in [-0.15, -0.1) is 0 Å². The van der Waals surface area contributed by atoms with Crippen LogP contribution in [0.5, 0.6) is 0 Å². The molecule has 1 heterocycles. The van der Waals surface area contributed by atoms with E-state index in [4.69, 9.17) is 0 Å². The van der Waals surface area contributed by atoms with Gasteiger partial charge in [0.2, 0.25) is 0 Å². The molecule has 0 unspecified atom stereocenters. The standard InChI is InChI=1S/C14H19BrFN/c1-9-5-12(16)11(15)6-13(9)17-7-10(8-17)14(2,3)4/h5-6,10H,7-8H2,1-4H3. The van der Waals surface area contributed by atoms with Crippen LogP contribution in [0.3, 0.4) is 0 Å². The maximum absolute atomic E-state index is 13.3. The van der Waals surface area contributed by atoms with E-state index in [0.717, 1.165) is 30.3 Å². The molecule has 1 nitrogen and oxygen atoms in total. The molecule has 0 aromatic heterocycles. The van der Waals surface area contributed by atoms with Crippen LogP contribution in [0, 0.1) is 24.1 Å². The average Bonchev–Trinajstić information content (AvgIpc) is 2.08. The van der Waals surface area contributed by atoms with Gasteiger partial charge in [0, 0.05) is 18.8 Å². The van der Waals surface area contributed by atoms with E-state index in [2.05, 4.69) is 41.6 Å². The zero-order valence-electron chi connectivity index (χ0n) is 10.8. The minimum Gasteiger partial charge on any atom is -0.371 e. The summed E-state index contributed by atoms with van der Waals surface area (Å²) in [6.45, 7) is 11.0. The molecular weight excluding hydrogens is 281 g/mol. The normalized spacial score (nSPS) is 17.2. The zero-order chi connectivity index (χ0) is 12.8. The summed E-state index contributed by atoms with van der Waals surface area (Å²) < 4.78 is 13.9. The third kappa shape index (κ3) is 2.49. The number of anilines is 1. The maximum atomic E-state index is 13.3. The highest BCUT2D eigenvalue weighted by molar-refractivity contribution is 9.10. The van der Waals surface area contributed by atoms with E-state index in [0.29, 0.717) is 9.89 Å². The highest BCUT2D eigenvalue weighted by atomic mass is 79.9. The van der Waals surface area contributed by atoms with Crippen molar-refractivity contribution in [1.29, 1.82) is 0 Å². The lowest BCUT2D eigenvalue weighted by atomic mass is 9.75. The number of halogens is 2. The van der Waals surface area contributed by atoms with Gasteiger partial charge < -0.3 is 4.90 Å². The van der Waals surface area contributed by atoms with Gasteiger partial charge in [0.1, 0.15) is 5.82 Å². The van der Waals surface area contributed by atoms with Gasteiger partial charge >= 0.3 is 0 Å². The van der Waals surface area contributed by atoms with Crippen LogP contribution in [0.25, 0.3) is 0 Å². The molecule has 0 atom stereocenters. The first-order chi connectivity index (χ1) is 7.79. The van der Waals surface area contributed by atoms with Crippen molar-refractivity contribution in [3.63, 3.8) is 0 Å². The molecule has 1 aromatic carbocycles. The Kier molecular flexibility index (Phi) is 3.23. The van der Waals surface area contributed by atoms with Gasteiger partial charge in [-0.1, -0.05) is 20.8 Å². The second-order valence-corrected chi connectivity index (χ2v) is 6.88. The van der Waals surface area contributed by atoms with E-state index in [-0.39, 0.29) is 5.82 Å². The van der Waals surface area contributed by atoms with Gasteiger partial charge in [-0.3, -0.25) is 0 Å². The average molecular weight is 300 g/mol. The predicted molar refractivity (Wildman–Crippen MR) is 74.0 cm³/mol. The molecule has 0 radical (unpaired) electrons. The van der Waals surface area contributed by atoms with Crippen LogP contribution < -0.4 is 4.90 Å². The van der Waals surface area contributed by atoms with Crippen LogP contribution in [0.2, 0.25) is 0 Å². The van der Waals surface area contributed by atoms with E-state index >= 15 is 0 Å². The largest absolute Gasteiger partial charge is 0.371 e. The molecule has 0 amide bonds. The Morgan fingerprint density at radius 3 is 2.41 bits per heavy atom. The Morgan fingerprint density at radius 2 is 1.88 bits per heavy atom. The third-order valence-electron chi connectivity index (χ3n) is 3.69. The Morgan fingerprint density at radius 1 is 1.29 bits per heavy atom. The topological polar surface area (TPSA) is 3.24 Å². The number of nitrogens with zero attached hydrogens (tertiary/aromatic N) is 1. The van der Waals surface area contributed by atoms with Crippen LogP contribution in [0.4, 0.5) is 10.1 Å². The molecular formula is C14H19BrFN. The van der Waals surface area contributed by atoms with Crippen molar-refractivity contribution in [2.45, 2.75) is 27.7 Å². The molecule has 1 aromatic rings. The van der Waals surface area contributed by atoms with E-state index in [1.165, 1.54) is 0 Å². The van der Waals surface area contributed by atoms with Crippen molar-refractivity contribution >= 4 is 21.6 Å². The summed E-state index contributed by atoms with van der Waals surface area (Å²) in [6, 6.07) is 3.49. The van der Waals surface area contributed by atoms with Gasteiger partial charge in [-0.25, -0.2) is 4.39 Å². The lowest BCUT2D eigenvalue weighted by molar-refractivity contribution is 0.195. The molecule has 0 bridgehead atoms. The van der Waals surface area contributed by atoms with Crippen molar-refractivity contribution in [2.24, 2.45) is 11.3 Å². The zero-order valence-corrected chi connectivity index (χ0v) is 12.4. The molecule has 3 heteroatoms. The summed E-state index contributed by atoms with van der Waals surface area (Å²) in [5.41, 5.74) is 2.53. The van der Waals surface area contributed by atoms with Crippen molar-refractivity contribution < 1.29 is 4.39 Å². The van der Waals surface area contributed by atoms with Gasteiger partial charge in [-0.2, -0.15) is 0 Å². The Labute approximate surface area is 111 Å². The first kappa shape index (κ1) is 12.9. The Bertz CT molecular complexity index is 431. The lowest BCUT2D eigenvalue weighted by Crippen LogP contribution is -2.52.